The molecule has 6 heteroatoms. The molecule has 0 unspecified atom stereocenters. The highest BCUT2D eigenvalue weighted by Gasteiger charge is 2.16. The molecule has 1 aromatic heterocycles. The van der Waals surface area contributed by atoms with E-state index in [-0.39, 0.29) is 12.4 Å². The molecule has 0 fully saturated rings. The molecule has 1 heterocycles. The Morgan fingerprint density at radius 3 is 2.45 bits per heavy atom. The molecule has 0 spiro atoms. The summed E-state index contributed by atoms with van der Waals surface area (Å²) in [6, 6.07) is 16.9. The molecule has 31 heavy (non-hydrogen) atoms. The van der Waals surface area contributed by atoms with Crippen LogP contribution < -0.4 is 19.8 Å². The van der Waals surface area contributed by atoms with Gasteiger partial charge in [-0.25, -0.2) is 9.18 Å². The van der Waals surface area contributed by atoms with E-state index in [0.717, 1.165) is 10.9 Å². The Morgan fingerprint density at radius 2 is 1.71 bits per heavy atom. The summed E-state index contributed by atoms with van der Waals surface area (Å²) in [5, 5.41) is 0.732. The fourth-order valence-electron chi connectivity index (χ4n) is 3.52. The SMILES string of the molecule is COc1ccc(-c2c(C)c3cc(OCc4ccccc4F)ccc3oc2=O)cc1OC. The highest BCUT2D eigenvalue weighted by molar-refractivity contribution is 5.88. The van der Waals surface area contributed by atoms with Crippen molar-refractivity contribution in [2.24, 2.45) is 0 Å². The molecule has 3 aromatic carbocycles. The van der Waals surface area contributed by atoms with Gasteiger partial charge in [0.1, 0.15) is 23.8 Å². The smallest absolute Gasteiger partial charge is 0.344 e. The standard InChI is InChI=1S/C25H21FO5/c1-15-19-13-18(30-14-17-6-4-5-7-20(17)26)9-11-21(19)31-25(27)24(15)16-8-10-22(28-2)23(12-16)29-3/h4-13H,14H2,1-3H3. The van der Waals surface area contributed by atoms with Crippen LogP contribution in [0.15, 0.2) is 69.9 Å². The molecule has 4 aromatic rings. The fourth-order valence-corrected chi connectivity index (χ4v) is 3.52. The summed E-state index contributed by atoms with van der Waals surface area (Å²) in [6.45, 7) is 1.95. The van der Waals surface area contributed by atoms with Crippen LogP contribution in [0, 0.1) is 12.7 Å². The summed E-state index contributed by atoms with van der Waals surface area (Å²) in [4.78, 5) is 12.7. The first kappa shape index (κ1) is 20.5. The van der Waals surface area contributed by atoms with E-state index in [4.69, 9.17) is 18.6 Å². The van der Waals surface area contributed by atoms with Crippen molar-refractivity contribution in [1.82, 2.24) is 0 Å². The van der Waals surface area contributed by atoms with Gasteiger partial charge in [0.25, 0.3) is 0 Å². The summed E-state index contributed by atoms with van der Waals surface area (Å²) >= 11 is 0. The molecule has 158 valence electrons. The van der Waals surface area contributed by atoms with E-state index in [1.165, 1.54) is 13.2 Å². The Labute approximate surface area is 178 Å². The van der Waals surface area contributed by atoms with Gasteiger partial charge in [0.05, 0.1) is 19.8 Å². The molecule has 0 saturated carbocycles. The second-order valence-electron chi connectivity index (χ2n) is 7.00. The Bertz CT molecular complexity index is 1310. The lowest BCUT2D eigenvalue weighted by Crippen LogP contribution is -2.06. The van der Waals surface area contributed by atoms with Crippen molar-refractivity contribution in [3.63, 3.8) is 0 Å². The van der Waals surface area contributed by atoms with Crippen molar-refractivity contribution in [3.8, 4) is 28.4 Å². The van der Waals surface area contributed by atoms with Crippen molar-refractivity contribution in [3.05, 3.63) is 88.0 Å². The predicted octanol–water partition coefficient (Wildman–Crippen LogP) is 5.50. The zero-order valence-corrected chi connectivity index (χ0v) is 17.4. The minimum atomic E-state index is -0.447. The lowest BCUT2D eigenvalue weighted by atomic mass is 9.99. The number of methoxy groups -OCH3 is 2. The van der Waals surface area contributed by atoms with E-state index in [2.05, 4.69) is 0 Å². The van der Waals surface area contributed by atoms with Gasteiger partial charge in [-0.15, -0.1) is 0 Å². The van der Waals surface area contributed by atoms with Crippen molar-refractivity contribution < 1.29 is 23.0 Å². The molecule has 0 aliphatic heterocycles. The maximum absolute atomic E-state index is 13.9. The first-order chi connectivity index (χ1) is 15.0. The normalized spacial score (nSPS) is 10.8. The number of benzene rings is 3. The maximum Gasteiger partial charge on any atom is 0.344 e. The highest BCUT2D eigenvalue weighted by Crippen LogP contribution is 2.34. The Hall–Kier alpha value is -3.80. The van der Waals surface area contributed by atoms with Crippen LogP contribution in [0.3, 0.4) is 0 Å². The molecule has 0 radical (unpaired) electrons. The number of fused-ring (bicyclic) bond motifs is 1. The summed E-state index contributed by atoms with van der Waals surface area (Å²) in [5.41, 5.74) is 2.30. The van der Waals surface area contributed by atoms with Crippen LogP contribution in [0.25, 0.3) is 22.1 Å². The zero-order chi connectivity index (χ0) is 22.0. The van der Waals surface area contributed by atoms with Gasteiger partial charge in [-0.05, 0) is 54.4 Å². The second-order valence-corrected chi connectivity index (χ2v) is 7.00. The average Bonchev–Trinajstić information content (AvgIpc) is 2.78. The molecule has 5 nitrogen and oxygen atoms in total. The van der Waals surface area contributed by atoms with Crippen LogP contribution in [0.1, 0.15) is 11.1 Å². The molecule has 0 N–H and O–H groups in total. The van der Waals surface area contributed by atoms with E-state index < -0.39 is 5.63 Å². The van der Waals surface area contributed by atoms with Crippen LogP contribution >= 0.6 is 0 Å². The first-order valence-corrected chi connectivity index (χ1v) is 9.68. The van der Waals surface area contributed by atoms with Gasteiger partial charge in [0.2, 0.25) is 0 Å². The molecule has 0 amide bonds. The number of halogens is 1. The quantitative estimate of drug-likeness (QED) is 0.385. The van der Waals surface area contributed by atoms with Crippen LogP contribution in [-0.4, -0.2) is 14.2 Å². The van der Waals surface area contributed by atoms with Crippen LogP contribution in [-0.2, 0) is 6.61 Å². The van der Waals surface area contributed by atoms with Crippen LogP contribution in [0.2, 0.25) is 0 Å². The minimum absolute atomic E-state index is 0.0938. The lowest BCUT2D eigenvalue weighted by molar-refractivity contribution is 0.300. The summed E-state index contributed by atoms with van der Waals surface area (Å²) in [6.07, 6.45) is 0. The third-order valence-corrected chi connectivity index (χ3v) is 5.16. The topological polar surface area (TPSA) is 57.9 Å². The number of hydrogen-bond donors (Lipinski definition) is 0. The first-order valence-electron chi connectivity index (χ1n) is 9.68. The third-order valence-electron chi connectivity index (χ3n) is 5.16. The molecule has 0 aliphatic carbocycles. The van der Waals surface area contributed by atoms with Crippen molar-refractivity contribution in [2.75, 3.05) is 14.2 Å². The Morgan fingerprint density at radius 1 is 0.935 bits per heavy atom. The largest absolute Gasteiger partial charge is 0.493 e. The number of hydrogen-bond acceptors (Lipinski definition) is 5. The Kier molecular flexibility index (Phi) is 5.62. The van der Waals surface area contributed by atoms with E-state index in [0.29, 0.717) is 39.5 Å². The lowest BCUT2D eigenvalue weighted by Gasteiger charge is -2.13. The molecular weight excluding hydrogens is 399 g/mol. The fraction of sp³-hybridized carbons (Fsp3) is 0.160. The summed E-state index contributed by atoms with van der Waals surface area (Å²) in [5.74, 6) is 1.31. The second kappa shape index (κ2) is 8.52. The average molecular weight is 420 g/mol. The zero-order valence-electron chi connectivity index (χ0n) is 17.4. The van der Waals surface area contributed by atoms with Gasteiger partial charge >= 0.3 is 5.63 Å². The third kappa shape index (κ3) is 3.97. The number of ether oxygens (including phenoxy) is 3. The Balaban J connectivity index is 1.74. The molecule has 0 saturated heterocycles. The number of aryl methyl sites for hydroxylation is 1. The van der Waals surface area contributed by atoms with Gasteiger partial charge in [0.15, 0.2) is 11.5 Å². The monoisotopic (exact) mass is 420 g/mol. The van der Waals surface area contributed by atoms with Crippen molar-refractivity contribution in [1.29, 1.82) is 0 Å². The summed E-state index contributed by atoms with van der Waals surface area (Å²) < 4.78 is 35.8. The number of rotatable bonds is 6. The van der Waals surface area contributed by atoms with E-state index in [9.17, 15) is 9.18 Å². The molecular formula is C25H21FO5. The van der Waals surface area contributed by atoms with E-state index >= 15 is 0 Å². The predicted molar refractivity (Wildman–Crippen MR) is 116 cm³/mol. The molecule has 0 bridgehead atoms. The van der Waals surface area contributed by atoms with Crippen LogP contribution in [0.5, 0.6) is 17.2 Å². The van der Waals surface area contributed by atoms with Gasteiger partial charge in [-0.2, -0.15) is 0 Å². The molecule has 4 rings (SSSR count). The van der Waals surface area contributed by atoms with Crippen molar-refractivity contribution >= 4 is 11.0 Å². The van der Waals surface area contributed by atoms with Gasteiger partial charge < -0.3 is 18.6 Å². The summed E-state index contributed by atoms with van der Waals surface area (Å²) in [7, 11) is 3.09. The van der Waals surface area contributed by atoms with E-state index in [1.807, 2.05) is 6.92 Å². The molecule has 0 atom stereocenters. The van der Waals surface area contributed by atoms with Gasteiger partial charge in [0, 0.05) is 10.9 Å². The minimum Gasteiger partial charge on any atom is -0.493 e. The van der Waals surface area contributed by atoms with Crippen LogP contribution in [0.4, 0.5) is 4.39 Å². The highest BCUT2D eigenvalue weighted by atomic mass is 19.1. The molecule has 0 aliphatic rings. The maximum atomic E-state index is 13.9. The van der Waals surface area contributed by atoms with Gasteiger partial charge in [-0.1, -0.05) is 24.3 Å². The van der Waals surface area contributed by atoms with Crippen molar-refractivity contribution in [2.45, 2.75) is 13.5 Å². The van der Waals surface area contributed by atoms with Gasteiger partial charge in [-0.3, -0.25) is 0 Å². The van der Waals surface area contributed by atoms with E-state index in [1.54, 1.807) is 61.7 Å².